The highest BCUT2D eigenvalue weighted by molar-refractivity contribution is 7.98. The lowest BCUT2D eigenvalue weighted by Crippen LogP contribution is -2.48. The predicted octanol–water partition coefficient (Wildman–Crippen LogP) is 2.30. The molecule has 1 aliphatic rings. The van der Waals surface area contributed by atoms with Crippen molar-refractivity contribution in [3.05, 3.63) is 33.9 Å². The summed E-state index contributed by atoms with van der Waals surface area (Å²) in [6, 6.07) is 4.51. The molecule has 0 aliphatic carbocycles. The van der Waals surface area contributed by atoms with Crippen molar-refractivity contribution in [3.63, 3.8) is 0 Å². The van der Waals surface area contributed by atoms with Crippen LogP contribution in [0.3, 0.4) is 0 Å². The molecule has 1 aromatic rings. The van der Waals surface area contributed by atoms with Gasteiger partial charge in [-0.15, -0.1) is 11.8 Å². The molecule has 114 valence electrons. The summed E-state index contributed by atoms with van der Waals surface area (Å²) >= 11 is 1.27. The number of rotatable bonds is 3. The smallest absolute Gasteiger partial charge is 0.283 e. The fourth-order valence-electron chi connectivity index (χ4n) is 2.54. The Hall–Kier alpha value is -1.60. The summed E-state index contributed by atoms with van der Waals surface area (Å²) in [6.07, 6.45) is 3.14. The fraction of sp³-hybridized carbons (Fsp3) is 0.500. The highest BCUT2D eigenvalue weighted by Gasteiger charge is 2.32. The Balaban J connectivity index is 2.27. The van der Waals surface area contributed by atoms with Crippen LogP contribution in [0, 0.1) is 10.1 Å². The largest absolute Gasteiger partial charge is 0.388 e. The summed E-state index contributed by atoms with van der Waals surface area (Å²) in [5, 5.41) is 21.1. The third kappa shape index (κ3) is 3.54. The van der Waals surface area contributed by atoms with Crippen LogP contribution >= 0.6 is 11.8 Å². The number of thioether (sulfide) groups is 1. The van der Waals surface area contributed by atoms with Crippen LogP contribution in [0.25, 0.3) is 0 Å². The van der Waals surface area contributed by atoms with Gasteiger partial charge in [-0.3, -0.25) is 14.9 Å². The number of hydrogen-bond donors (Lipinski definition) is 1. The van der Waals surface area contributed by atoms with E-state index in [1.807, 2.05) is 0 Å². The number of nitrogens with zero attached hydrogens (tertiary/aromatic N) is 2. The third-order valence-corrected chi connectivity index (χ3v) is 4.37. The summed E-state index contributed by atoms with van der Waals surface area (Å²) in [5.41, 5.74) is -0.659. The first-order valence-corrected chi connectivity index (χ1v) is 7.90. The zero-order valence-electron chi connectivity index (χ0n) is 12.0. The summed E-state index contributed by atoms with van der Waals surface area (Å²) in [6.45, 7) is 2.52. The Labute approximate surface area is 127 Å². The van der Waals surface area contributed by atoms with Crippen LogP contribution in [0.2, 0.25) is 0 Å². The maximum atomic E-state index is 12.4. The van der Waals surface area contributed by atoms with Gasteiger partial charge in [0.2, 0.25) is 0 Å². The average Bonchev–Trinajstić information content (AvgIpc) is 2.44. The van der Waals surface area contributed by atoms with Crippen molar-refractivity contribution in [1.29, 1.82) is 0 Å². The van der Waals surface area contributed by atoms with Crippen molar-refractivity contribution >= 4 is 23.4 Å². The van der Waals surface area contributed by atoms with E-state index < -0.39 is 10.5 Å². The molecule has 0 bridgehead atoms. The SMILES string of the molecule is CSc1ccc(C(=O)N2CCCC(C)(O)C2)cc1[N+](=O)[O-]. The first-order valence-electron chi connectivity index (χ1n) is 6.68. The van der Waals surface area contributed by atoms with Gasteiger partial charge in [-0.25, -0.2) is 0 Å². The Kier molecular flexibility index (Phi) is 4.53. The van der Waals surface area contributed by atoms with E-state index in [2.05, 4.69) is 0 Å². The molecule has 21 heavy (non-hydrogen) atoms. The van der Waals surface area contributed by atoms with Gasteiger partial charge < -0.3 is 10.0 Å². The monoisotopic (exact) mass is 310 g/mol. The minimum atomic E-state index is -0.890. The van der Waals surface area contributed by atoms with Gasteiger partial charge in [-0.05, 0) is 38.2 Å². The van der Waals surface area contributed by atoms with Gasteiger partial charge in [0, 0.05) is 24.7 Å². The molecule has 0 saturated carbocycles. The minimum Gasteiger partial charge on any atom is -0.388 e. The molecular weight excluding hydrogens is 292 g/mol. The molecular formula is C14H18N2O4S. The molecule has 1 amide bonds. The topological polar surface area (TPSA) is 83.7 Å². The van der Waals surface area contributed by atoms with Crippen LogP contribution in [-0.2, 0) is 0 Å². The molecule has 2 rings (SSSR count). The van der Waals surface area contributed by atoms with Gasteiger partial charge in [0.1, 0.15) is 0 Å². The Morgan fingerprint density at radius 3 is 2.81 bits per heavy atom. The van der Waals surface area contributed by atoms with Crippen LogP contribution in [0.1, 0.15) is 30.1 Å². The maximum Gasteiger partial charge on any atom is 0.283 e. The third-order valence-electron chi connectivity index (χ3n) is 3.58. The summed E-state index contributed by atoms with van der Waals surface area (Å²) in [7, 11) is 0. The Bertz CT molecular complexity index is 574. The predicted molar refractivity (Wildman–Crippen MR) is 80.6 cm³/mol. The maximum absolute atomic E-state index is 12.4. The minimum absolute atomic E-state index is 0.0582. The van der Waals surface area contributed by atoms with E-state index in [0.717, 1.165) is 6.42 Å². The number of nitro benzene ring substituents is 1. The van der Waals surface area contributed by atoms with Crippen molar-refractivity contribution in [2.75, 3.05) is 19.3 Å². The quantitative estimate of drug-likeness (QED) is 0.526. The Morgan fingerprint density at radius 1 is 1.52 bits per heavy atom. The normalized spacial score (nSPS) is 22.1. The Morgan fingerprint density at radius 2 is 2.24 bits per heavy atom. The number of amides is 1. The van der Waals surface area contributed by atoms with E-state index in [1.165, 1.54) is 17.8 Å². The number of piperidine rings is 1. The van der Waals surface area contributed by atoms with Crippen LogP contribution in [0.4, 0.5) is 5.69 Å². The summed E-state index contributed by atoms with van der Waals surface area (Å²) < 4.78 is 0. The second-order valence-corrected chi connectivity index (χ2v) is 6.32. The molecule has 0 radical (unpaired) electrons. The molecule has 1 fully saturated rings. The van der Waals surface area contributed by atoms with E-state index >= 15 is 0 Å². The number of hydrogen-bond acceptors (Lipinski definition) is 5. The van der Waals surface area contributed by atoms with E-state index in [4.69, 9.17) is 0 Å². The summed E-state index contributed by atoms with van der Waals surface area (Å²) in [4.78, 5) is 25.1. The van der Waals surface area contributed by atoms with Gasteiger partial charge in [-0.1, -0.05) is 0 Å². The number of nitro groups is 1. The van der Waals surface area contributed by atoms with Crippen molar-refractivity contribution in [2.24, 2.45) is 0 Å². The number of β-amino-alcohol motifs (C(OH)–C–C–N with tert-alkyl or cyclic N) is 1. The van der Waals surface area contributed by atoms with E-state index in [0.29, 0.717) is 17.9 Å². The number of carbonyl (C=O) groups is 1. The average molecular weight is 310 g/mol. The van der Waals surface area contributed by atoms with Gasteiger partial charge in [0.25, 0.3) is 11.6 Å². The zero-order valence-corrected chi connectivity index (χ0v) is 12.9. The van der Waals surface area contributed by atoms with Crippen LogP contribution in [0.5, 0.6) is 0 Å². The molecule has 1 heterocycles. The van der Waals surface area contributed by atoms with Gasteiger partial charge in [-0.2, -0.15) is 0 Å². The second kappa shape index (κ2) is 6.03. The molecule has 1 saturated heterocycles. The van der Waals surface area contributed by atoms with Gasteiger partial charge in [0.05, 0.1) is 15.4 Å². The molecule has 1 aliphatic heterocycles. The van der Waals surface area contributed by atoms with Crippen LogP contribution < -0.4 is 0 Å². The highest BCUT2D eigenvalue weighted by atomic mass is 32.2. The molecule has 0 aromatic heterocycles. The molecule has 6 nitrogen and oxygen atoms in total. The number of benzene rings is 1. The van der Waals surface area contributed by atoms with Crippen LogP contribution in [-0.4, -0.2) is 45.8 Å². The number of aliphatic hydroxyl groups is 1. The van der Waals surface area contributed by atoms with Gasteiger partial charge in [0.15, 0.2) is 0 Å². The highest BCUT2D eigenvalue weighted by Crippen LogP contribution is 2.29. The molecule has 1 unspecified atom stereocenters. The lowest BCUT2D eigenvalue weighted by Gasteiger charge is -2.36. The second-order valence-electron chi connectivity index (χ2n) is 5.47. The van der Waals surface area contributed by atoms with E-state index in [-0.39, 0.29) is 23.7 Å². The molecule has 0 spiro atoms. The van der Waals surface area contributed by atoms with E-state index in [1.54, 1.807) is 30.2 Å². The lowest BCUT2D eigenvalue weighted by molar-refractivity contribution is -0.387. The molecule has 7 heteroatoms. The van der Waals surface area contributed by atoms with Crippen molar-refractivity contribution in [1.82, 2.24) is 4.90 Å². The first-order chi connectivity index (χ1) is 9.84. The zero-order chi connectivity index (χ0) is 15.6. The first kappa shape index (κ1) is 15.8. The standard InChI is InChI=1S/C14H18N2O4S/c1-14(18)6-3-7-15(9-14)13(17)10-4-5-12(21-2)11(8-10)16(19)20/h4-5,8,18H,3,6-7,9H2,1-2H3. The van der Waals surface area contributed by atoms with Crippen molar-refractivity contribution in [3.8, 4) is 0 Å². The number of likely N-dealkylation sites (tertiary alicyclic amines) is 1. The molecule has 1 N–H and O–H groups in total. The fourth-order valence-corrected chi connectivity index (χ4v) is 3.09. The molecule has 1 aromatic carbocycles. The van der Waals surface area contributed by atoms with E-state index in [9.17, 15) is 20.0 Å². The van der Waals surface area contributed by atoms with Gasteiger partial charge >= 0.3 is 0 Å². The number of carbonyl (C=O) groups excluding carboxylic acids is 1. The lowest BCUT2D eigenvalue weighted by atomic mass is 9.94. The van der Waals surface area contributed by atoms with Crippen molar-refractivity contribution in [2.45, 2.75) is 30.3 Å². The molecule has 1 atom stereocenters. The summed E-state index contributed by atoms with van der Waals surface area (Å²) in [5.74, 6) is -0.272. The van der Waals surface area contributed by atoms with Crippen molar-refractivity contribution < 1.29 is 14.8 Å². The van der Waals surface area contributed by atoms with Crippen LogP contribution in [0.15, 0.2) is 23.1 Å².